The number of nitrogens with zero attached hydrogens (tertiary/aromatic N) is 1. The van der Waals surface area contributed by atoms with Gasteiger partial charge in [0.2, 0.25) is 5.91 Å². The van der Waals surface area contributed by atoms with E-state index in [2.05, 4.69) is 12.2 Å². The molecule has 2 atom stereocenters. The third-order valence-electron chi connectivity index (χ3n) is 4.47. The van der Waals surface area contributed by atoms with E-state index in [4.69, 9.17) is 0 Å². The second-order valence-corrected chi connectivity index (χ2v) is 6.53. The molecule has 2 unspecified atom stereocenters. The number of rotatable bonds is 5. The lowest BCUT2D eigenvalue weighted by atomic mass is 10.0. The van der Waals surface area contributed by atoms with E-state index >= 15 is 0 Å². The van der Waals surface area contributed by atoms with Crippen molar-refractivity contribution in [3.8, 4) is 0 Å². The summed E-state index contributed by atoms with van der Waals surface area (Å²) in [6.45, 7) is 4.26. The van der Waals surface area contributed by atoms with Gasteiger partial charge < -0.3 is 10.2 Å². The van der Waals surface area contributed by atoms with Crippen LogP contribution in [0.3, 0.4) is 0 Å². The van der Waals surface area contributed by atoms with Crippen LogP contribution < -0.4 is 5.32 Å². The van der Waals surface area contributed by atoms with E-state index in [1.54, 1.807) is 12.1 Å². The summed E-state index contributed by atoms with van der Waals surface area (Å²) in [6.07, 6.45) is 3.49. The van der Waals surface area contributed by atoms with Crippen molar-refractivity contribution in [1.29, 1.82) is 0 Å². The van der Waals surface area contributed by atoms with Gasteiger partial charge in [-0.25, -0.2) is 4.39 Å². The minimum atomic E-state index is -0.230. The SMILES string of the molecule is CC1CC(c2cccc(F)c2)N(C(=O)CNCC2CC2)C1. The first-order chi connectivity index (χ1) is 10.1. The Labute approximate surface area is 125 Å². The van der Waals surface area contributed by atoms with Gasteiger partial charge in [-0.2, -0.15) is 0 Å². The first-order valence-electron chi connectivity index (χ1n) is 7.89. The molecule has 1 heterocycles. The van der Waals surface area contributed by atoms with Crippen LogP contribution in [0.5, 0.6) is 0 Å². The lowest BCUT2D eigenvalue weighted by molar-refractivity contribution is -0.131. The van der Waals surface area contributed by atoms with Crippen LogP contribution in [0.1, 0.15) is 37.8 Å². The summed E-state index contributed by atoms with van der Waals surface area (Å²) in [5, 5.41) is 3.26. The van der Waals surface area contributed by atoms with Crippen molar-refractivity contribution in [2.75, 3.05) is 19.6 Å². The molecule has 2 aliphatic rings. The summed E-state index contributed by atoms with van der Waals surface area (Å²) in [5.74, 6) is 1.14. The molecule has 3 nitrogen and oxygen atoms in total. The Kier molecular flexibility index (Phi) is 4.24. The highest BCUT2D eigenvalue weighted by atomic mass is 19.1. The molecule has 1 aliphatic heterocycles. The van der Waals surface area contributed by atoms with E-state index in [0.29, 0.717) is 12.5 Å². The number of likely N-dealkylation sites (tertiary alicyclic amines) is 1. The molecule has 1 N–H and O–H groups in total. The number of amides is 1. The zero-order chi connectivity index (χ0) is 14.8. The Morgan fingerprint density at radius 1 is 1.43 bits per heavy atom. The molecule has 1 aromatic rings. The van der Waals surface area contributed by atoms with Crippen molar-refractivity contribution in [1.82, 2.24) is 10.2 Å². The average Bonchev–Trinajstić information content (AvgIpc) is 3.19. The van der Waals surface area contributed by atoms with Gasteiger partial charge in [-0.15, -0.1) is 0 Å². The van der Waals surface area contributed by atoms with Gasteiger partial charge in [0.25, 0.3) is 0 Å². The monoisotopic (exact) mass is 290 g/mol. The van der Waals surface area contributed by atoms with Crippen LogP contribution in [0.4, 0.5) is 4.39 Å². The second kappa shape index (κ2) is 6.14. The summed E-state index contributed by atoms with van der Waals surface area (Å²) in [6, 6.07) is 6.67. The van der Waals surface area contributed by atoms with Crippen LogP contribution in [-0.2, 0) is 4.79 Å². The standard InChI is InChI=1S/C17H23FN2O/c1-12-7-16(14-3-2-4-15(18)8-14)20(11-12)17(21)10-19-9-13-5-6-13/h2-4,8,12-13,16,19H,5-7,9-11H2,1H3. The highest BCUT2D eigenvalue weighted by molar-refractivity contribution is 5.79. The van der Waals surface area contributed by atoms with Gasteiger partial charge in [0.05, 0.1) is 12.6 Å². The van der Waals surface area contributed by atoms with E-state index in [1.807, 2.05) is 11.0 Å². The van der Waals surface area contributed by atoms with Crippen molar-refractivity contribution in [3.63, 3.8) is 0 Å². The number of halogens is 1. The summed E-state index contributed by atoms with van der Waals surface area (Å²) in [4.78, 5) is 14.3. The molecule has 1 saturated carbocycles. The van der Waals surface area contributed by atoms with Crippen molar-refractivity contribution in [2.24, 2.45) is 11.8 Å². The van der Waals surface area contributed by atoms with Crippen LogP contribution in [0, 0.1) is 17.7 Å². The minimum absolute atomic E-state index is 0.0194. The molecule has 1 amide bonds. The Hall–Kier alpha value is -1.42. The highest BCUT2D eigenvalue weighted by Gasteiger charge is 2.34. The summed E-state index contributed by atoms with van der Waals surface area (Å²) < 4.78 is 13.4. The Bertz CT molecular complexity index is 515. The smallest absolute Gasteiger partial charge is 0.237 e. The normalized spacial score (nSPS) is 25.3. The van der Waals surface area contributed by atoms with E-state index in [-0.39, 0.29) is 17.8 Å². The first kappa shape index (κ1) is 14.5. The lowest BCUT2D eigenvalue weighted by Gasteiger charge is -2.25. The number of hydrogen-bond acceptors (Lipinski definition) is 2. The molecule has 3 rings (SSSR count). The predicted molar refractivity (Wildman–Crippen MR) is 80.2 cm³/mol. The molecular formula is C17H23FN2O. The summed E-state index contributed by atoms with van der Waals surface area (Å²) >= 11 is 0. The number of carbonyl (C=O) groups excluding carboxylic acids is 1. The van der Waals surface area contributed by atoms with Crippen LogP contribution >= 0.6 is 0 Å². The van der Waals surface area contributed by atoms with Crippen LogP contribution in [0.25, 0.3) is 0 Å². The summed E-state index contributed by atoms with van der Waals surface area (Å²) in [7, 11) is 0. The topological polar surface area (TPSA) is 32.3 Å². The van der Waals surface area contributed by atoms with Crippen LogP contribution in [0.2, 0.25) is 0 Å². The third-order valence-corrected chi connectivity index (χ3v) is 4.47. The van der Waals surface area contributed by atoms with Crippen molar-refractivity contribution >= 4 is 5.91 Å². The maximum absolute atomic E-state index is 13.4. The molecule has 21 heavy (non-hydrogen) atoms. The van der Waals surface area contributed by atoms with Crippen LogP contribution in [0.15, 0.2) is 24.3 Å². The highest BCUT2D eigenvalue weighted by Crippen LogP contribution is 2.35. The van der Waals surface area contributed by atoms with E-state index < -0.39 is 0 Å². The molecule has 2 fully saturated rings. The molecule has 114 valence electrons. The van der Waals surface area contributed by atoms with Gasteiger partial charge in [-0.05, 0) is 55.3 Å². The van der Waals surface area contributed by atoms with Gasteiger partial charge in [-0.1, -0.05) is 19.1 Å². The number of benzene rings is 1. The average molecular weight is 290 g/mol. The van der Waals surface area contributed by atoms with E-state index in [0.717, 1.165) is 31.0 Å². The fourth-order valence-corrected chi connectivity index (χ4v) is 3.16. The number of hydrogen-bond donors (Lipinski definition) is 1. The van der Waals surface area contributed by atoms with Gasteiger partial charge in [-0.3, -0.25) is 4.79 Å². The van der Waals surface area contributed by atoms with Crippen molar-refractivity contribution in [2.45, 2.75) is 32.2 Å². The quantitative estimate of drug-likeness (QED) is 0.904. The maximum atomic E-state index is 13.4. The molecule has 4 heteroatoms. The Balaban J connectivity index is 1.64. The predicted octanol–water partition coefficient (Wildman–Crippen LogP) is 2.73. The first-order valence-corrected chi connectivity index (χ1v) is 7.89. The van der Waals surface area contributed by atoms with Gasteiger partial charge >= 0.3 is 0 Å². The zero-order valence-electron chi connectivity index (χ0n) is 12.5. The molecule has 1 saturated heterocycles. The van der Waals surface area contributed by atoms with E-state index in [9.17, 15) is 9.18 Å². The molecule has 1 aliphatic carbocycles. The second-order valence-electron chi connectivity index (χ2n) is 6.53. The molecule has 0 radical (unpaired) electrons. The molecule has 1 aromatic carbocycles. The van der Waals surface area contributed by atoms with Gasteiger partial charge in [0.1, 0.15) is 5.82 Å². The van der Waals surface area contributed by atoms with Crippen LogP contribution in [-0.4, -0.2) is 30.4 Å². The Morgan fingerprint density at radius 2 is 2.24 bits per heavy atom. The maximum Gasteiger partial charge on any atom is 0.237 e. The number of carbonyl (C=O) groups is 1. The fourth-order valence-electron chi connectivity index (χ4n) is 3.16. The largest absolute Gasteiger partial charge is 0.334 e. The molecular weight excluding hydrogens is 267 g/mol. The Morgan fingerprint density at radius 3 is 2.95 bits per heavy atom. The number of nitrogens with one attached hydrogen (secondary N) is 1. The molecule has 0 bridgehead atoms. The summed E-state index contributed by atoms with van der Waals surface area (Å²) in [5.41, 5.74) is 0.912. The van der Waals surface area contributed by atoms with E-state index in [1.165, 1.54) is 18.9 Å². The van der Waals surface area contributed by atoms with Crippen molar-refractivity contribution < 1.29 is 9.18 Å². The van der Waals surface area contributed by atoms with Gasteiger partial charge in [0.15, 0.2) is 0 Å². The lowest BCUT2D eigenvalue weighted by Crippen LogP contribution is -2.38. The van der Waals surface area contributed by atoms with Crippen molar-refractivity contribution in [3.05, 3.63) is 35.6 Å². The zero-order valence-corrected chi connectivity index (χ0v) is 12.5. The minimum Gasteiger partial charge on any atom is -0.334 e. The molecule has 0 spiro atoms. The fraction of sp³-hybridized carbons (Fsp3) is 0.588. The molecule has 0 aromatic heterocycles. The van der Waals surface area contributed by atoms with Gasteiger partial charge in [0, 0.05) is 6.54 Å². The third kappa shape index (κ3) is 3.62.